The summed E-state index contributed by atoms with van der Waals surface area (Å²) in [4.78, 5) is 21.9. The summed E-state index contributed by atoms with van der Waals surface area (Å²) in [6.45, 7) is 10.5. The Morgan fingerprint density at radius 2 is 2.07 bits per heavy atom. The van der Waals surface area contributed by atoms with Crippen molar-refractivity contribution in [2.75, 3.05) is 38.3 Å². The SMILES string of the molecule is C=N/C(=C\C(=N/CN(C)CC)N1CCOc2ccccc21)c1cnc(C)nc1. The molecule has 2 aromatic rings. The number of anilines is 1. The molecule has 0 N–H and O–H groups in total. The Hall–Kier alpha value is -3.06. The zero-order valence-electron chi connectivity index (χ0n) is 16.7. The van der Waals surface area contributed by atoms with Crippen LogP contribution in [0.1, 0.15) is 18.3 Å². The van der Waals surface area contributed by atoms with Crippen LogP contribution >= 0.6 is 0 Å². The molecule has 1 aromatic carbocycles. The first-order chi connectivity index (χ1) is 13.6. The first-order valence-electron chi connectivity index (χ1n) is 9.32. The van der Waals surface area contributed by atoms with Crippen molar-refractivity contribution in [1.82, 2.24) is 14.9 Å². The lowest BCUT2D eigenvalue weighted by molar-refractivity contribution is 0.315. The number of hydrogen-bond donors (Lipinski definition) is 0. The fraction of sp³-hybridized carbons (Fsp3) is 0.333. The van der Waals surface area contributed by atoms with E-state index in [-0.39, 0.29) is 0 Å². The molecule has 3 rings (SSSR count). The predicted octanol–water partition coefficient (Wildman–Crippen LogP) is 3.03. The molecule has 0 atom stereocenters. The van der Waals surface area contributed by atoms with Gasteiger partial charge in [0.2, 0.25) is 0 Å². The van der Waals surface area contributed by atoms with Crippen molar-refractivity contribution in [3.8, 4) is 5.75 Å². The Bertz CT molecular complexity index is 875. The molecule has 28 heavy (non-hydrogen) atoms. The molecule has 0 fully saturated rings. The van der Waals surface area contributed by atoms with E-state index in [4.69, 9.17) is 9.73 Å². The van der Waals surface area contributed by atoms with Gasteiger partial charge in [0.05, 0.1) is 24.6 Å². The second-order valence-corrected chi connectivity index (χ2v) is 6.50. The molecule has 0 spiro atoms. The van der Waals surface area contributed by atoms with Gasteiger partial charge in [-0.3, -0.25) is 14.9 Å². The summed E-state index contributed by atoms with van der Waals surface area (Å²) >= 11 is 0. The molecule has 0 saturated carbocycles. The summed E-state index contributed by atoms with van der Waals surface area (Å²) in [6, 6.07) is 7.99. The normalized spacial score (nSPS) is 14.6. The molecular formula is C21H26N6O. The van der Waals surface area contributed by atoms with Crippen molar-refractivity contribution in [2.24, 2.45) is 9.98 Å². The highest BCUT2D eigenvalue weighted by atomic mass is 16.5. The van der Waals surface area contributed by atoms with E-state index in [2.05, 4.69) is 38.4 Å². The second-order valence-electron chi connectivity index (χ2n) is 6.50. The predicted molar refractivity (Wildman–Crippen MR) is 114 cm³/mol. The Labute approximate surface area is 166 Å². The summed E-state index contributed by atoms with van der Waals surface area (Å²) in [7, 11) is 2.04. The van der Waals surface area contributed by atoms with E-state index in [0.717, 1.165) is 29.4 Å². The van der Waals surface area contributed by atoms with Crippen molar-refractivity contribution in [2.45, 2.75) is 13.8 Å². The van der Waals surface area contributed by atoms with E-state index in [1.165, 1.54) is 0 Å². The van der Waals surface area contributed by atoms with Gasteiger partial charge < -0.3 is 9.64 Å². The maximum atomic E-state index is 5.80. The van der Waals surface area contributed by atoms with E-state index >= 15 is 0 Å². The van der Waals surface area contributed by atoms with Gasteiger partial charge in [-0.25, -0.2) is 9.97 Å². The highest BCUT2D eigenvalue weighted by Gasteiger charge is 2.21. The van der Waals surface area contributed by atoms with Gasteiger partial charge in [-0.05, 0) is 39.4 Å². The highest BCUT2D eigenvalue weighted by Crippen LogP contribution is 2.32. The number of amidine groups is 1. The number of para-hydroxylation sites is 2. The molecule has 0 aliphatic carbocycles. The Morgan fingerprint density at radius 1 is 1.32 bits per heavy atom. The first-order valence-corrected chi connectivity index (χ1v) is 9.32. The molecule has 2 heterocycles. The molecule has 1 aliphatic heterocycles. The maximum Gasteiger partial charge on any atom is 0.143 e. The largest absolute Gasteiger partial charge is 0.490 e. The first kappa shape index (κ1) is 19.7. The average Bonchev–Trinajstić information content (AvgIpc) is 2.74. The summed E-state index contributed by atoms with van der Waals surface area (Å²) in [5.74, 6) is 2.37. The van der Waals surface area contributed by atoms with Crippen LogP contribution in [0.2, 0.25) is 0 Å². The number of aromatic nitrogens is 2. The Morgan fingerprint density at radius 3 is 2.79 bits per heavy atom. The minimum Gasteiger partial charge on any atom is -0.490 e. The number of aryl methyl sites for hydroxylation is 1. The van der Waals surface area contributed by atoms with Gasteiger partial charge in [0.15, 0.2) is 0 Å². The molecule has 0 amide bonds. The lowest BCUT2D eigenvalue weighted by atomic mass is 10.2. The summed E-state index contributed by atoms with van der Waals surface area (Å²) < 4.78 is 5.80. The fourth-order valence-electron chi connectivity index (χ4n) is 2.78. The standard InChI is InChI=1S/C21H26N6O/c1-5-26(4)15-25-21(12-18(22-3)17-13-23-16(2)24-14-17)27-10-11-28-20-9-7-6-8-19(20)27/h6-9,12-14H,3,5,10-11,15H2,1-2,4H3/b18-12-,25-21+. The number of hydrogen-bond acceptors (Lipinski definition) is 6. The lowest BCUT2D eigenvalue weighted by Crippen LogP contribution is -2.38. The third kappa shape index (κ3) is 4.61. The molecule has 0 saturated heterocycles. The average molecular weight is 378 g/mol. The summed E-state index contributed by atoms with van der Waals surface area (Å²) in [6.07, 6.45) is 5.45. The number of fused-ring (bicyclic) bond motifs is 1. The fourth-order valence-corrected chi connectivity index (χ4v) is 2.78. The van der Waals surface area contributed by atoms with Crippen molar-refractivity contribution in [3.05, 3.63) is 54.1 Å². The van der Waals surface area contributed by atoms with Crippen LogP contribution in [0.15, 0.2) is 52.7 Å². The number of nitrogens with zero attached hydrogens (tertiary/aromatic N) is 6. The number of aliphatic imine (C=N–C) groups is 2. The van der Waals surface area contributed by atoms with Crippen LogP contribution in [-0.4, -0.2) is 60.8 Å². The topological polar surface area (TPSA) is 66.2 Å². The van der Waals surface area contributed by atoms with Crippen LogP contribution in [0.4, 0.5) is 5.69 Å². The quantitative estimate of drug-likeness (QED) is 0.571. The minimum atomic E-state index is 0.580. The lowest BCUT2D eigenvalue weighted by Gasteiger charge is -2.31. The summed E-state index contributed by atoms with van der Waals surface area (Å²) in [5, 5.41) is 0. The molecule has 0 radical (unpaired) electrons. The molecule has 1 aliphatic rings. The van der Waals surface area contributed by atoms with Crippen LogP contribution in [0.3, 0.4) is 0 Å². The number of benzene rings is 1. The van der Waals surface area contributed by atoms with Crippen LogP contribution in [-0.2, 0) is 0 Å². The van der Waals surface area contributed by atoms with E-state index < -0.39 is 0 Å². The molecule has 7 nitrogen and oxygen atoms in total. The van der Waals surface area contributed by atoms with Gasteiger partial charge in [-0.1, -0.05) is 19.1 Å². The van der Waals surface area contributed by atoms with E-state index in [1.807, 2.05) is 44.3 Å². The van der Waals surface area contributed by atoms with E-state index in [9.17, 15) is 0 Å². The van der Waals surface area contributed by atoms with Gasteiger partial charge in [-0.2, -0.15) is 0 Å². The molecule has 0 bridgehead atoms. The van der Waals surface area contributed by atoms with Crippen molar-refractivity contribution < 1.29 is 4.74 Å². The summed E-state index contributed by atoms with van der Waals surface area (Å²) in [5.41, 5.74) is 2.48. The van der Waals surface area contributed by atoms with Gasteiger partial charge in [0, 0.05) is 24.0 Å². The van der Waals surface area contributed by atoms with Crippen LogP contribution in [0, 0.1) is 6.92 Å². The molecule has 146 valence electrons. The highest BCUT2D eigenvalue weighted by molar-refractivity contribution is 6.10. The monoisotopic (exact) mass is 378 g/mol. The van der Waals surface area contributed by atoms with E-state index in [0.29, 0.717) is 31.3 Å². The van der Waals surface area contributed by atoms with Crippen molar-refractivity contribution in [1.29, 1.82) is 0 Å². The zero-order chi connectivity index (χ0) is 19.9. The maximum absolute atomic E-state index is 5.80. The Kier molecular flexibility index (Phi) is 6.49. The van der Waals surface area contributed by atoms with E-state index in [1.54, 1.807) is 12.4 Å². The molecular weight excluding hydrogens is 352 g/mol. The third-order valence-corrected chi connectivity index (χ3v) is 4.53. The van der Waals surface area contributed by atoms with Gasteiger partial charge in [0.1, 0.15) is 24.0 Å². The molecule has 7 heteroatoms. The minimum absolute atomic E-state index is 0.580. The smallest absolute Gasteiger partial charge is 0.143 e. The van der Waals surface area contributed by atoms with Crippen molar-refractivity contribution >= 4 is 23.9 Å². The van der Waals surface area contributed by atoms with Gasteiger partial charge >= 0.3 is 0 Å². The number of rotatable bonds is 6. The second kappa shape index (κ2) is 9.23. The van der Waals surface area contributed by atoms with Crippen LogP contribution < -0.4 is 9.64 Å². The van der Waals surface area contributed by atoms with Gasteiger partial charge in [0.25, 0.3) is 0 Å². The Balaban J connectivity index is 2.02. The number of ether oxygens (including phenoxy) is 1. The molecule has 1 aromatic heterocycles. The van der Waals surface area contributed by atoms with Gasteiger partial charge in [-0.15, -0.1) is 0 Å². The van der Waals surface area contributed by atoms with Crippen molar-refractivity contribution in [3.63, 3.8) is 0 Å². The molecule has 0 unspecified atom stereocenters. The zero-order valence-corrected chi connectivity index (χ0v) is 16.7. The van der Waals surface area contributed by atoms with Crippen LogP contribution in [0.5, 0.6) is 5.75 Å². The van der Waals surface area contributed by atoms with Crippen LogP contribution in [0.25, 0.3) is 5.70 Å². The third-order valence-electron chi connectivity index (χ3n) is 4.53.